The molecule has 0 aliphatic heterocycles. The number of amides is 1. The Hall–Kier alpha value is -3.61. The highest BCUT2D eigenvalue weighted by molar-refractivity contribution is 5.94. The molecule has 0 bridgehead atoms. The highest BCUT2D eigenvalue weighted by Gasteiger charge is 2.21. The van der Waals surface area contributed by atoms with Crippen molar-refractivity contribution in [1.29, 1.82) is 0 Å². The van der Waals surface area contributed by atoms with E-state index in [1.807, 2.05) is 36.4 Å². The molecule has 0 fully saturated rings. The van der Waals surface area contributed by atoms with Gasteiger partial charge < -0.3 is 14.8 Å². The third-order valence-electron chi connectivity index (χ3n) is 5.67. The standard InChI is InChI=1S/C27H33N3O4/c1-7-34-27(32)23-16-24(20-9-8-10-22(15-20)33-6)30(29-23)21-13-11-19(12-14-21)26(31)28-25(17(2)3)18(4)5/h8-18,25H,7H2,1-6H3,(H,28,31). The minimum Gasteiger partial charge on any atom is -0.497 e. The number of esters is 1. The zero-order valence-corrected chi connectivity index (χ0v) is 20.7. The second-order valence-corrected chi connectivity index (χ2v) is 8.81. The SMILES string of the molecule is CCOC(=O)c1cc(-c2cccc(OC)c2)n(-c2ccc(C(=O)NC(C(C)C)C(C)C)cc2)n1. The summed E-state index contributed by atoms with van der Waals surface area (Å²) in [5, 5.41) is 7.64. The van der Waals surface area contributed by atoms with Gasteiger partial charge in [-0.2, -0.15) is 5.10 Å². The van der Waals surface area contributed by atoms with Crippen molar-refractivity contribution in [3.8, 4) is 22.7 Å². The summed E-state index contributed by atoms with van der Waals surface area (Å²) in [4.78, 5) is 25.2. The third-order valence-corrected chi connectivity index (χ3v) is 5.67. The van der Waals surface area contributed by atoms with Gasteiger partial charge in [0.1, 0.15) is 5.75 Å². The Labute approximate surface area is 201 Å². The summed E-state index contributed by atoms with van der Waals surface area (Å²) in [6, 6.07) is 16.5. The van der Waals surface area contributed by atoms with E-state index in [2.05, 4.69) is 38.1 Å². The summed E-state index contributed by atoms with van der Waals surface area (Å²) in [6.45, 7) is 10.4. The number of rotatable bonds is 9. The van der Waals surface area contributed by atoms with Crippen LogP contribution in [-0.4, -0.2) is 41.4 Å². The van der Waals surface area contributed by atoms with Crippen LogP contribution in [0.1, 0.15) is 55.5 Å². The van der Waals surface area contributed by atoms with E-state index < -0.39 is 5.97 Å². The van der Waals surface area contributed by atoms with Crippen molar-refractivity contribution in [1.82, 2.24) is 15.1 Å². The van der Waals surface area contributed by atoms with Gasteiger partial charge in [-0.25, -0.2) is 9.48 Å². The highest BCUT2D eigenvalue weighted by atomic mass is 16.5. The molecule has 1 amide bonds. The number of benzene rings is 2. The zero-order valence-electron chi connectivity index (χ0n) is 20.7. The Kier molecular flexibility index (Phi) is 8.10. The van der Waals surface area contributed by atoms with Crippen LogP contribution in [0.3, 0.4) is 0 Å². The molecule has 0 atom stereocenters. The number of aromatic nitrogens is 2. The van der Waals surface area contributed by atoms with Gasteiger partial charge in [0, 0.05) is 17.2 Å². The molecule has 0 aliphatic carbocycles. The van der Waals surface area contributed by atoms with Gasteiger partial charge >= 0.3 is 5.97 Å². The molecule has 7 nitrogen and oxygen atoms in total. The van der Waals surface area contributed by atoms with Crippen molar-refractivity contribution in [3.05, 3.63) is 65.9 Å². The lowest BCUT2D eigenvalue weighted by molar-refractivity contribution is 0.0518. The second kappa shape index (κ2) is 11.0. The molecule has 0 aliphatic rings. The molecule has 1 aromatic heterocycles. The number of carbonyl (C=O) groups is 2. The smallest absolute Gasteiger partial charge is 0.358 e. The quantitative estimate of drug-likeness (QED) is 0.445. The number of nitrogens with one attached hydrogen (secondary N) is 1. The van der Waals surface area contributed by atoms with E-state index in [1.54, 1.807) is 36.9 Å². The molecule has 7 heteroatoms. The van der Waals surface area contributed by atoms with Crippen LogP contribution in [0.5, 0.6) is 5.75 Å². The van der Waals surface area contributed by atoms with Crippen molar-refractivity contribution in [2.45, 2.75) is 40.7 Å². The fraction of sp³-hybridized carbons (Fsp3) is 0.370. The molecule has 180 valence electrons. The van der Waals surface area contributed by atoms with Crippen LogP contribution in [0.4, 0.5) is 0 Å². The van der Waals surface area contributed by atoms with E-state index in [9.17, 15) is 9.59 Å². The Morgan fingerprint density at radius 2 is 1.68 bits per heavy atom. The molecule has 0 saturated heterocycles. The number of carbonyl (C=O) groups excluding carboxylic acids is 2. The van der Waals surface area contributed by atoms with E-state index in [4.69, 9.17) is 9.47 Å². The Bertz CT molecular complexity index is 1130. The highest BCUT2D eigenvalue weighted by Crippen LogP contribution is 2.27. The minimum atomic E-state index is -0.491. The average Bonchev–Trinajstić information content (AvgIpc) is 3.28. The van der Waals surface area contributed by atoms with Gasteiger partial charge in [0.05, 0.1) is 25.1 Å². The van der Waals surface area contributed by atoms with Crippen molar-refractivity contribution in [2.24, 2.45) is 11.8 Å². The van der Waals surface area contributed by atoms with Crippen LogP contribution in [0, 0.1) is 11.8 Å². The number of methoxy groups -OCH3 is 1. The number of nitrogens with zero attached hydrogens (tertiary/aromatic N) is 2. The minimum absolute atomic E-state index is 0.0880. The van der Waals surface area contributed by atoms with E-state index in [1.165, 1.54) is 0 Å². The van der Waals surface area contributed by atoms with Crippen LogP contribution < -0.4 is 10.1 Å². The van der Waals surface area contributed by atoms with Crippen molar-refractivity contribution in [2.75, 3.05) is 13.7 Å². The molecule has 34 heavy (non-hydrogen) atoms. The summed E-state index contributed by atoms with van der Waals surface area (Å²) in [5.74, 6) is 0.757. The first-order valence-corrected chi connectivity index (χ1v) is 11.6. The van der Waals surface area contributed by atoms with Gasteiger partial charge in [-0.1, -0.05) is 39.8 Å². The summed E-state index contributed by atoms with van der Waals surface area (Å²) in [7, 11) is 1.60. The van der Waals surface area contributed by atoms with Gasteiger partial charge in [-0.3, -0.25) is 4.79 Å². The van der Waals surface area contributed by atoms with Crippen molar-refractivity contribution in [3.63, 3.8) is 0 Å². The molecular weight excluding hydrogens is 430 g/mol. The van der Waals surface area contributed by atoms with Crippen molar-refractivity contribution < 1.29 is 19.1 Å². The summed E-state index contributed by atoms with van der Waals surface area (Å²) >= 11 is 0. The van der Waals surface area contributed by atoms with Gasteiger partial charge in [0.2, 0.25) is 0 Å². The molecule has 0 saturated carbocycles. The fourth-order valence-electron chi connectivity index (χ4n) is 3.96. The summed E-state index contributed by atoms with van der Waals surface area (Å²) in [6.07, 6.45) is 0. The molecule has 3 rings (SSSR count). The summed E-state index contributed by atoms with van der Waals surface area (Å²) in [5.41, 5.74) is 3.03. The Morgan fingerprint density at radius 1 is 1.00 bits per heavy atom. The normalized spacial score (nSPS) is 11.2. The van der Waals surface area contributed by atoms with E-state index in [0.29, 0.717) is 34.5 Å². The van der Waals surface area contributed by atoms with Crippen LogP contribution in [-0.2, 0) is 4.74 Å². The van der Waals surface area contributed by atoms with E-state index in [-0.39, 0.29) is 24.2 Å². The third kappa shape index (κ3) is 5.65. The predicted molar refractivity (Wildman–Crippen MR) is 132 cm³/mol. The predicted octanol–water partition coefficient (Wildman–Crippen LogP) is 5.14. The number of ether oxygens (including phenoxy) is 2. The second-order valence-electron chi connectivity index (χ2n) is 8.81. The van der Waals surface area contributed by atoms with Crippen LogP contribution in [0.2, 0.25) is 0 Å². The lowest BCUT2D eigenvalue weighted by Gasteiger charge is -2.26. The number of hydrogen-bond donors (Lipinski definition) is 1. The van der Waals surface area contributed by atoms with E-state index >= 15 is 0 Å². The average molecular weight is 464 g/mol. The molecule has 2 aromatic carbocycles. The first-order valence-electron chi connectivity index (χ1n) is 11.6. The van der Waals surface area contributed by atoms with Crippen LogP contribution >= 0.6 is 0 Å². The molecule has 0 spiro atoms. The lowest BCUT2D eigenvalue weighted by Crippen LogP contribution is -2.42. The van der Waals surface area contributed by atoms with Crippen molar-refractivity contribution >= 4 is 11.9 Å². The maximum Gasteiger partial charge on any atom is 0.358 e. The molecule has 1 N–H and O–H groups in total. The maximum atomic E-state index is 12.8. The largest absolute Gasteiger partial charge is 0.497 e. The number of hydrogen-bond acceptors (Lipinski definition) is 5. The van der Waals surface area contributed by atoms with Gasteiger partial charge in [-0.05, 0) is 61.2 Å². The zero-order chi connectivity index (χ0) is 24.8. The van der Waals surface area contributed by atoms with E-state index in [0.717, 1.165) is 5.56 Å². The molecule has 3 aromatic rings. The molecule has 0 radical (unpaired) electrons. The van der Waals surface area contributed by atoms with Gasteiger partial charge in [-0.15, -0.1) is 0 Å². The molecule has 0 unspecified atom stereocenters. The Morgan fingerprint density at radius 3 is 2.26 bits per heavy atom. The van der Waals surface area contributed by atoms with Crippen LogP contribution in [0.25, 0.3) is 16.9 Å². The Balaban J connectivity index is 1.96. The first kappa shape index (κ1) is 25.0. The van der Waals surface area contributed by atoms with Crippen LogP contribution in [0.15, 0.2) is 54.6 Å². The molecular formula is C27H33N3O4. The topological polar surface area (TPSA) is 82.5 Å². The first-order chi connectivity index (χ1) is 16.2. The van der Waals surface area contributed by atoms with Gasteiger partial charge in [0.15, 0.2) is 5.69 Å². The summed E-state index contributed by atoms with van der Waals surface area (Å²) < 4.78 is 12.2. The maximum absolute atomic E-state index is 12.8. The lowest BCUT2D eigenvalue weighted by atomic mass is 9.93. The fourth-order valence-corrected chi connectivity index (χ4v) is 3.96. The van der Waals surface area contributed by atoms with Gasteiger partial charge in [0.25, 0.3) is 5.91 Å². The monoisotopic (exact) mass is 463 g/mol. The molecule has 1 heterocycles.